The summed E-state index contributed by atoms with van der Waals surface area (Å²) < 4.78 is 1.36. The molecule has 1 aromatic carbocycles. The van der Waals surface area contributed by atoms with E-state index in [2.05, 4.69) is 50.4 Å². The smallest absolute Gasteiger partial charge is 0.0345 e. The molecular formula is C14H19NS. The molecule has 0 aliphatic heterocycles. The molecule has 2 rings (SSSR count). The Balaban J connectivity index is 2.35. The van der Waals surface area contributed by atoms with Crippen molar-refractivity contribution in [3.05, 3.63) is 35.2 Å². The third-order valence-electron chi connectivity index (χ3n) is 3.45. The average molecular weight is 233 g/mol. The fourth-order valence-corrected chi connectivity index (χ4v) is 2.75. The Morgan fingerprint density at radius 2 is 2.00 bits per heavy atom. The first-order valence-electron chi connectivity index (χ1n) is 5.75. The van der Waals surface area contributed by atoms with Gasteiger partial charge in [-0.05, 0) is 41.7 Å². The fraction of sp³-hybridized carbons (Fsp3) is 0.429. The van der Waals surface area contributed by atoms with E-state index in [1.807, 2.05) is 11.3 Å². The quantitative estimate of drug-likeness (QED) is 0.857. The Morgan fingerprint density at radius 3 is 2.69 bits per heavy atom. The van der Waals surface area contributed by atoms with E-state index in [1.54, 1.807) is 0 Å². The monoisotopic (exact) mass is 233 g/mol. The molecule has 0 radical (unpaired) electrons. The number of thiophene rings is 1. The Bertz CT molecular complexity index is 482. The minimum atomic E-state index is -0.121. The zero-order chi connectivity index (χ0) is 11.8. The van der Waals surface area contributed by atoms with Crippen LogP contribution in [-0.2, 0) is 6.42 Å². The van der Waals surface area contributed by atoms with Crippen molar-refractivity contribution in [1.29, 1.82) is 0 Å². The molecule has 0 aliphatic rings. The van der Waals surface area contributed by atoms with Gasteiger partial charge < -0.3 is 5.73 Å². The van der Waals surface area contributed by atoms with Crippen molar-refractivity contribution in [2.24, 2.45) is 11.7 Å². The first-order valence-corrected chi connectivity index (χ1v) is 6.62. The Kier molecular flexibility index (Phi) is 3.04. The van der Waals surface area contributed by atoms with Crippen molar-refractivity contribution in [2.45, 2.75) is 32.7 Å². The summed E-state index contributed by atoms with van der Waals surface area (Å²) in [5.74, 6) is 0.492. The molecule has 1 aromatic heterocycles. The van der Waals surface area contributed by atoms with Gasteiger partial charge >= 0.3 is 0 Å². The van der Waals surface area contributed by atoms with E-state index in [9.17, 15) is 0 Å². The zero-order valence-electron chi connectivity index (χ0n) is 10.2. The van der Waals surface area contributed by atoms with Crippen molar-refractivity contribution in [3.8, 4) is 0 Å². The second kappa shape index (κ2) is 4.19. The molecule has 1 nitrogen and oxygen atoms in total. The van der Waals surface area contributed by atoms with Gasteiger partial charge in [0.2, 0.25) is 0 Å². The normalized spacial score (nSPS) is 15.6. The van der Waals surface area contributed by atoms with Gasteiger partial charge in [0.1, 0.15) is 0 Å². The lowest BCUT2D eigenvalue weighted by molar-refractivity contribution is 0.339. The first kappa shape index (κ1) is 11.6. The van der Waals surface area contributed by atoms with Gasteiger partial charge in [-0.3, -0.25) is 0 Å². The molecule has 1 heterocycles. The highest BCUT2D eigenvalue weighted by Gasteiger charge is 2.24. The predicted octanol–water partition coefficient (Wildman–Crippen LogP) is 3.82. The number of fused-ring (bicyclic) bond motifs is 1. The second-order valence-electron chi connectivity index (χ2n) is 5.09. The molecule has 0 fully saturated rings. The summed E-state index contributed by atoms with van der Waals surface area (Å²) in [6, 6.07) is 8.55. The lowest BCUT2D eigenvalue weighted by atomic mass is 9.84. The number of hydrogen-bond donors (Lipinski definition) is 1. The summed E-state index contributed by atoms with van der Waals surface area (Å²) in [5.41, 5.74) is 7.61. The molecule has 0 bridgehead atoms. The highest BCUT2D eigenvalue weighted by atomic mass is 32.1. The summed E-state index contributed by atoms with van der Waals surface area (Å²) in [4.78, 5) is 0. The largest absolute Gasteiger partial charge is 0.325 e. The molecule has 1 unspecified atom stereocenters. The van der Waals surface area contributed by atoms with E-state index in [0.29, 0.717) is 5.92 Å². The third kappa shape index (κ3) is 2.13. The summed E-state index contributed by atoms with van der Waals surface area (Å²) in [7, 11) is 0. The van der Waals surface area contributed by atoms with Crippen molar-refractivity contribution in [1.82, 2.24) is 0 Å². The number of hydrogen-bond acceptors (Lipinski definition) is 2. The zero-order valence-corrected chi connectivity index (χ0v) is 11.0. The van der Waals surface area contributed by atoms with E-state index in [1.165, 1.54) is 15.6 Å². The van der Waals surface area contributed by atoms with Crippen LogP contribution >= 0.6 is 11.3 Å². The number of benzene rings is 1. The van der Waals surface area contributed by atoms with Crippen molar-refractivity contribution >= 4 is 21.4 Å². The highest BCUT2D eigenvalue weighted by molar-refractivity contribution is 7.17. The Labute approximate surface area is 101 Å². The topological polar surface area (TPSA) is 26.0 Å². The van der Waals surface area contributed by atoms with Gasteiger partial charge in [-0.25, -0.2) is 0 Å². The number of nitrogens with two attached hydrogens (primary N) is 1. The van der Waals surface area contributed by atoms with Gasteiger partial charge in [-0.15, -0.1) is 11.3 Å². The molecule has 0 saturated heterocycles. The van der Waals surface area contributed by atoms with E-state index in [0.717, 1.165) is 6.42 Å². The first-order chi connectivity index (χ1) is 7.50. The maximum Gasteiger partial charge on any atom is 0.0345 e. The van der Waals surface area contributed by atoms with Crippen LogP contribution in [0.3, 0.4) is 0 Å². The molecule has 0 aliphatic carbocycles. The van der Waals surface area contributed by atoms with Gasteiger partial charge in [-0.1, -0.05) is 32.0 Å². The maximum absolute atomic E-state index is 6.35. The molecule has 1 atom stereocenters. The van der Waals surface area contributed by atoms with E-state index in [4.69, 9.17) is 5.73 Å². The van der Waals surface area contributed by atoms with E-state index >= 15 is 0 Å². The Hall–Kier alpha value is -0.860. The SMILES string of the molecule is CC(C)C(C)(N)Cc1csc2ccccc12. The number of rotatable bonds is 3. The molecule has 0 spiro atoms. The second-order valence-corrected chi connectivity index (χ2v) is 6.01. The minimum Gasteiger partial charge on any atom is -0.325 e. The predicted molar refractivity (Wildman–Crippen MR) is 73.0 cm³/mol. The van der Waals surface area contributed by atoms with Gasteiger partial charge in [0, 0.05) is 10.2 Å². The molecule has 2 N–H and O–H groups in total. The average Bonchev–Trinajstić information content (AvgIpc) is 2.61. The molecule has 0 saturated carbocycles. The maximum atomic E-state index is 6.35. The van der Waals surface area contributed by atoms with Gasteiger partial charge in [0.15, 0.2) is 0 Å². The summed E-state index contributed by atoms with van der Waals surface area (Å²) in [6.45, 7) is 6.52. The third-order valence-corrected chi connectivity index (χ3v) is 4.46. The van der Waals surface area contributed by atoms with Gasteiger partial charge in [0.25, 0.3) is 0 Å². The molecule has 2 heteroatoms. The van der Waals surface area contributed by atoms with Crippen LogP contribution in [0, 0.1) is 5.92 Å². The highest BCUT2D eigenvalue weighted by Crippen LogP contribution is 2.29. The van der Waals surface area contributed by atoms with Gasteiger partial charge in [0.05, 0.1) is 0 Å². The van der Waals surface area contributed by atoms with Crippen LogP contribution in [0.1, 0.15) is 26.3 Å². The van der Waals surface area contributed by atoms with Crippen molar-refractivity contribution in [3.63, 3.8) is 0 Å². The van der Waals surface area contributed by atoms with E-state index < -0.39 is 0 Å². The van der Waals surface area contributed by atoms with E-state index in [-0.39, 0.29) is 5.54 Å². The molecule has 2 aromatic rings. The lowest BCUT2D eigenvalue weighted by Gasteiger charge is -2.29. The fourth-order valence-electron chi connectivity index (χ4n) is 1.78. The van der Waals surface area contributed by atoms with Crippen LogP contribution in [0.25, 0.3) is 10.1 Å². The Morgan fingerprint density at radius 1 is 1.31 bits per heavy atom. The van der Waals surface area contributed by atoms with Crippen molar-refractivity contribution in [2.75, 3.05) is 0 Å². The van der Waals surface area contributed by atoms with Crippen LogP contribution in [-0.4, -0.2) is 5.54 Å². The standard InChI is InChI=1S/C14H19NS/c1-10(2)14(3,15)8-11-9-16-13-7-5-4-6-12(11)13/h4-7,9-10H,8,15H2,1-3H3. The molecular weight excluding hydrogens is 214 g/mol. The summed E-state index contributed by atoms with van der Waals surface area (Å²) in [6.07, 6.45) is 0.953. The summed E-state index contributed by atoms with van der Waals surface area (Å²) >= 11 is 1.81. The lowest BCUT2D eigenvalue weighted by Crippen LogP contribution is -2.43. The van der Waals surface area contributed by atoms with Crippen LogP contribution in [0.2, 0.25) is 0 Å². The van der Waals surface area contributed by atoms with Gasteiger partial charge in [-0.2, -0.15) is 0 Å². The van der Waals surface area contributed by atoms with Crippen LogP contribution < -0.4 is 5.73 Å². The van der Waals surface area contributed by atoms with Crippen LogP contribution in [0.5, 0.6) is 0 Å². The molecule has 16 heavy (non-hydrogen) atoms. The van der Waals surface area contributed by atoms with Crippen LogP contribution in [0.15, 0.2) is 29.6 Å². The molecule has 0 amide bonds. The minimum absolute atomic E-state index is 0.121. The summed E-state index contributed by atoms with van der Waals surface area (Å²) in [5, 5.41) is 3.61. The molecule has 86 valence electrons. The van der Waals surface area contributed by atoms with Crippen LogP contribution in [0.4, 0.5) is 0 Å². The van der Waals surface area contributed by atoms with Crippen molar-refractivity contribution < 1.29 is 0 Å².